The van der Waals surface area contributed by atoms with Crippen LogP contribution >= 0.6 is 0 Å². The molecule has 0 spiro atoms. The molecule has 1 N–H and O–H groups in total. The summed E-state index contributed by atoms with van der Waals surface area (Å²) in [6.45, 7) is 1.85. The van der Waals surface area contributed by atoms with Crippen LogP contribution in [0.4, 0.5) is 5.69 Å². The molecule has 116 valence electrons. The SMILES string of the molecule is COc1cccc(OC)c1OCC(=O)Nc1ccc(C)cc1. The van der Waals surface area contributed by atoms with E-state index in [1.165, 1.54) is 14.2 Å². The van der Waals surface area contributed by atoms with Gasteiger partial charge < -0.3 is 19.5 Å². The number of nitrogens with one attached hydrogen (secondary N) is 1. The number of anilines is 1. The van der Waals surface area contributed by atoms with Crippen molar-refractivity contribution in [2.75, 3.05) is 26.1 Å². The molecule has 2 aromatic carbocycles. The van der Waals surface area contributed by atoms with Gasteiger partial charge in [-0.2, -0.15) is 0 Å². The quantitative estimate of drug-likeness (QED) is 0.891. The van der Waals surface area contributed by atoms with Crippen molar-refractivity contribution in [3.8, 4) is 17.2 Å². The number of para-hydroxylation sites is 1. The van der Waals surface area contributed by atoms with Gasteiger partial charge in [-0.15, -0.1) is 0 Å². The van der Waals surface area contributed by atoms with Crippen LogP contribution < -0.4 is 19.5 Å². The Kier molecular flexibility index (Phi) is 5.25. The topological polar surface area (TPSA) is 56.8 Å². The number of methoxy groups -OCH3 is 2. The molecule has 1 amide bonds. The zero-order valence-corrected chi connectivity index (χ0v) is 12.9. The summed E-state index contributed by atoms with van der Waals surface area (Å²) in [5, 5.41) is 2.77. The summed E-state index contributed by atoms with van der Waals surface area (Å²) in [7, 11) is 3.07. The van der Waals surface area contributed by atoms with Crippen molar-refractivity contribution in [3.05, 3.63) is 48.0 Å². The molecule has 0 saturated heterocycles. The highest BCUT2D eigenvalue weighted by Gasteiger charge is 2.13. The van der Waals surface area contributed by atoms with E-state index in [1.807, 2.05) is 31.2 Å². The van der Waals surface area contributed by atoms with Crippen molar-refractivity contribution in [2.45, 2.75) is 6.92 Å². The molecule has 5 nitrogen and oxygen atoms in total. The molecule has 2 rings (SSSR count). The Morgan fingerprint density at radius 2 is 1.59 bits per heavy atom. The van der Waals surface area contributed by atoms with Gasteiger partial charge >= 0.3 is 0 Å². The maximum Gasteiger partial charge on any atom is 0.262 e. The summed E-state index contributed by atoms with van der Waals surface area (Å²) in [4.78, 5) is 12.0. The summed E-state index contributed by atoms with van der Waals surface area (Å²) in [5.74, 6) is 1.19. The lowest BCUT2D eigenvalue weighted by Crippen LogP contribution is -2.20. The van der Waals surface area contributed by atoms with E-state index in [-0.39, 0.29) is 12.5 Å². The minimum Gasteiger partial charge on any atom is -0.493 e. The number of carbonyl (C=O) groups excluding carboxylic acids is 1. The van der Waals surface area contributed by atoms with Crippen LogP contribution in [0, 0.1) is 6.92 Å². The van der Waals surface area contributed by atoms with Crippen LogP contribution in [0.3, 0.4) is 0 Å². The summed E-state index contributed by atoms with van der Waals surface area (Å²) >= 11 is 0. The van der Waals surface area contributed by atoms with Crippen molar-refractivity contribution in [2.24, 2.45) is 0 Å². The highest BCUT2D eigenvalue weighted by atomic mass is 16.5. The van der Waals surface area contributed by atoms with E-state index in [1.54, 1.807) is 18.2 Å². The van der Waals surface area contributed by atoms with Gasteiger partial charge in [-0.1, -0.05) is 23.8 Å². The average molecular weight is 301 g/mol. The molecule has 0 aliphatic rings. The number of ether oxygens (including phenoxy) is 3. The van der Waals surface area contributed by atoms with Crippen molar-refractivity contribution in [1.82, 2.24) is 0 Å². The predicted octanol–water partition coefficient (Wildman–Crippen LogP) is 3.03. The lowest BCUT2D eigenvalue weighted by molar-refractivity contribution is -0.118. The maximum absolute atomic E-state index is 12.0. The Hall–Kier alpha value is -2.69. The van der Waals surface area contributed by atoms with E-state index in [9.17, 15) is 4.79 Å². The van der Waals surface area contributed by atoms with Gasteiger partial charge in [0.15, 0.2) is 18.1 Å². The van der Waals surface area contributed by atoms with Gasteiger partial charge in [0.25, 0.3) is 5.91 Å². The first-order valence-corrected chi connectivity index (χ1v) is 6.84. The van der Waals surface area contributed by atoms with Gasteiger partial charge in [0.05, 0.1) is 14.2 Å². The van der Waals surface area contributed by atoms with Gasteiger partial charge in [-0.25, -0.2) is 0 Å². The number of amides is 1. The van der Waals surface area contributed by atoms with Crippen LogP contribution in [-0.2, 0) is 4.79 Å². The largest absolute Gasteiger partial charge is 0.493 e. The lowest BCUT2D eigenvalue weighted by atomic mass is 10.2. The van der Waals surface area contributed by atoms with E-state index < -0.39 is 0 Å². The number of hydrogen-bond acceptors (Lipinski definition) is 4. The van der Waals surface area contributed by atoms with Crippen molar-refractivity contribution in [1.29, 1.82) is 0 Å². The average Bonchev–Trinajstić information content (AvgIpc) is 2.54. The van der Waals surface area contributed by atoms with Gasteiger partial charge in [0, 0.05) is 5.69 Å². The number of aryl methyl sites for hydroxylation is 1. The molecule has 0 saturated carbocycles. The van der Waals surface area contributed by atoms with E-state index in [2.05, 4.69) is 5.32 Å². The highest BCUT2D eigenvalue weighted by Crippen LogP contribution is 2.36. The van der Waals surface area contributed by atoms with Gasteiger partial charge in [0.1, 0.15) is 0 Å². The molecule has 0 aliphatic heterocycles. The molecule has 2 aromatic rings. The van der Waals surface area contributed by atoms with Crippen LogP contribution in [-0.4, -0.2) is 26.7 Å². The van der Waals surface area contributed by atoms with Gasteiger partial charge in [0.2, 0.25) is 5.75 Å². The minimum atomic E-state index is -0.253. The molecule has 0 bridgehead atoms. The van der Waals surface area contributed by atoms with Crippen LogP contribution in [0.1, 0.15) is 5.56 Å². The molecule has 0 unspecified atom stereocenters. The predicted molar refractivity (Wildman–Crippen MR) is 84.8 cm³/mol. The third kappa shape index (κ3) is 3.91. The van der Waals surface area contributed by atoms with E-state index in [4.69, 9.17) is 14.2 Å². The second-order valence-corrected chi connectivity index (χ2v) is 4.69. The molecule has 0 atom stereocenters. The fourth-order valence-corrected chi connectivity index (χ4v) is 1.93. The summed E-state index contributed by atoms with van der Waals surface area (Å²) in [6, 6.07) is 12.8. The maximum atomic E-state index is 12.0. The molecule has 0 fully saturated rings. The van der Waals surface area contributed by atoms with E-state index in [0.29, 0.717) is 17.2 Å². The zero-order valence-electron chi connectivity index (χ0n) is 12.9. The number of benzene rings is 2. The highest BCUT2D eigenvalue weighted by molar-refractivity contribution is 5.91. The number of carbonyl (C=O) groups is 1. The first-order valence-electron chi connectivity index (χ1n) is 6.84. The number of rotatable bonds is 6. The summed E-state index contributed by atoms with van der Waals surface area (Å²) < 4.78 is 16.0. The van der Waals surface area contributed by atoms with Crippen molar-refractivity contribution >= 4 is 11.6 Å². The first kappa shape index (κ1) is 15.7. The Balaban J connectivity index is 2.00. The molecule has 22 heavy (non-hydrogen) atoms. The molecule has 0 radical (unpaired) electrons. The van der Waals surface area contributed by atoms with E-state index >= 15 is 0 Å². The molecular formula is C17H19NO4. The van der Waals surface area contributed by atoms with Crippen LogP contribution in [0.25, 0.3) is 0 Å². The van der Waals surface area contributed by atoms with Crippen LogP contribution in [0.15, 0.2) is 42.5 Å². The second kappa shape index (κ2) is 7.36. The smallest absolute Gasteiger partial charge is 0.262 e. The van der Waals surface area contributed by atoms with Gasteiger partial charge in [-0.05, 0) is 31.2 Å². The molecular weight excluding hydrogens is 282 g/mol. The molecule has 0 heterocycles. The first-order chi connectivity index (χ1) is 10.6. The van der Waals surface area contributed by atoms with Gasteiger partial charge in [-0.3, -0.25) is 4.79 Å². The molecule has 5 heteroatoms. The Bertz CT molecular complexity index is 615. The molecule has 0 aromatic heterocycles. The molecule has 0 aliphatic carbocycles. The third-order valence-corrected chi connectivity index (χ3v) is 3.07. The lowest BCUT2D eigenvalue weighted by Gasteiger charge is -2.14. The number of hydrogen-bond donors (Lipinski definition) is 1. The summed E-state index contributed by atoms with van der Waals surface area (Å²) in [5.41, 5.74) is 1.86. The fourth-order valence-electron chi connectivity index (χ4n) is 1.93. The zero-order chi connectivity index (χ0) is 15.9. The second-order valence-electron chi connectivity index (χ2n) is 4.69. The van der Waals surface area contributed by atoms with Crippen molar-refractivity contribution in [3.63, 3.8) is 0 Å². The minimum absolute atomic E-state index is 0.134. The monoisotopic (exact) mass is 301 g/mol. The Morgan fingerprint density at radius 1 is 1.00 bits per heavy atom. The van der Waals surface area contributed by atoms with Crippen molar-refractivity contribution < 1.29 is 19.0 Å². The normalized spacial score (nSPS) is 9.95. The fraction of sp³-hybridized carbons (Fsp3) is 0.235. The summed E-state index contributed by atoms with van der Waals surface area (Å²) in [6.07, 6.45) is 0. The van der Waals surface area contributed by atoms with E-state index in [0.717, 1.165) is 11.3 Å². The van der Waals surface area contributed by atoms with Crippen LogP contribution in [0.5, 0.6) is 17.2 Å². The standard InChI is InChI=1S/C17H19NO4/c1-12-7-9-13(10-8-12)18-16(19)11-22-17-14(20-2)5-4-6-15(17)21-3/h4-10H,11H2,1-3H3,(H,18,19). The Morgan fingerprint density at radius 3 is 2.14 bits per heavy atom. The Labute approximate surface area is 129 Å². The van der Waals surface area contributed by atoms with Crippen LogP contribution in [0.2, 0.25) is 0 Å². The third-order valence-electron chi connectivity index (χ3n) is 3.07.